The Morgan fingerprint density at radius 2 is 2.40 bits per heavy atom. The zero-order chi connectivity index (χ0) is 11.4. The number of hydrogen-bond donors (Lipinski definition) is 1. The highest BCUT2D eigenvalue weighted by atomic mass is 16.6. The standard InChI is InChI=1S/C10H14N2O3/c1-7-4-5-12(3)9(6-7)15-11-8(2)10(13)14/h6H,1,4-5H2,2-3H3,(H,13,14)/b11-8+. The number of nitrogens with zero attached hydrogens (tertiary/aromatic N) is 2. The number of carbonyl (C=O) groups is 1. The van der Waals surface area contributed by atoms with Crippen LogP contribution < -0.4 is 0 Å². The van der Waals surface area contributed by atoms with Crippen LogP contribution in [-0.2, 0) is 9.63 Å². The van der Waals surface area contributed by atoms with Crippen LogP contribution in [0.25, 0.3) is 0 Å². The van der Waals surface area contributed by atoms with Gasteiger partial charge >= 0.3 is 5.97 Å². The Balaban J connectivity index is 2.69. The van der Waals surface area contributed by atoms with Gasteiger partial charge < -0.3 is 14.8 Å². The van der Waals surface area contributed by atoms with E-state index in [2.05, 4.69) is 11.7 Å². The molecule has 1 aliphatic heterocycles. The summed E-state index contributed by atoms with van der Waals surface area (Å²) >= 11 is 0. The Bertz CT molecular complexity index is 345. The van der Waals surface area contributed by atoms with E-state index in [0.717, 1.165) is 18.5 Å². The summed E-state index contributed by atoms with van der Waals surface area (Å²) in [4.78, 5) is 17.3. The van der Waals surface area contributed by atoms with Gasteiger partial charge in [0.25, 0.3) is 0 Å². The molecule has 1 N–H and O–H groups in total. The second kappa shape index (κ2) is 4.63. The zero-order valence-electron chi connectivity index (χ0n) is 8.86. The van der Waals surface area contributed by atoms with E-state index in [1.807, 2.05) is 11.9 Å². The van der Waals surface area contributed by atoms with Gasteiger partial charge in [0, 0.05) is 19.7 Å². The zero-order valence-corrected chi connectivity index (χ0v) is 8.86. The minimum atomic E-state index is -1.09. The molecule has 1 aliphatic rings. The van der Waals surface area contributed by atoms with E-state index < -0.39 is 5.97 Å². The predicted molar refractivity (Wildman–Crippen MR) is 56.3 cm³/mol. The first kappa shape index (κ1) is 11.3. The first-order chi connectivity index (χ1) is 7.00. The summed E-state index contributed by atoms with van der Waals surface area (Å²) in [5.41, 5.74) is 0.867. The van der Waals surface area contributed by atoms with E-state index in [0.29, 0.717) is 5.88 Å². The number of aliphatic carboxylic acids is 1. The van der Waals surface area contributed by atoms with Crippen LogP contribution in [0, 0.1) is 0 Å². The van der Waals surface area contributed by atoms with Crippen LogP contribution in [0.4, 0.5) is 0 Å². The van der Waals surface area contributed by atoms with Crippen molar-refractivity contribution < 1.29 is 14.7 Å². The third kappa shape index (κ3) is 3.12. The fourth-order valence-corrected chi connectivity index (χ4v) is 1.03. The molecule has 0 spiro atoms. The van der Waals surface area contributed by atoms with Crippen LogP contribution in [0.2, 0.25) is 0 Å². The molecular weight excluding hydrogens is 196 g/mol. The number of hydrogen-bond acceptors (Lipinski definition) is 4. The van der Waals surface area contributed by atoms with Crippen LogP contribution in [0.15, 0.2) is 29.3 Å². The lowest BCUT2D eigenvalue weighted by Crippen LogP contribution is -2.24. The lowest BCUT2D eigenvalue weighted by atomic mass is 10.1. The Morgan fingerprint density at radius 3 is 3.00 bits per heavy atom. The van der Waals surface area contributed by atoms with Crippen molar-refractivity contribution in [3.8, 4) is 0 Å². The molecule has 0 amide bonds. The van der Waals surface area contributed by atoms with Gasteiger partial charge in [-0.2, -0.15) is 0 Å². The first-order valence-electron chi connectivity index (χ1n) is 4.56. The third-order valence-corrected chi connectivity index (χ3v) is 2.06. The van der Waals surface area contributed by atoms with Crippen molar-refractivity contribution in [2.24, 2.45) is 5.16 Å². The van der Waals surface area contributed by atoms with Gasteiger partial charge in [0.15, 0.2) is 5.71 Å². The highest BCUT2D eigenvalue weighted by Gasteiger charge is 2.13. The normalized spacial score (nSPS) is 17.5. The number of allylic oxidation sites excluding steroid dienone is 1. The van der Waals surface area contributed by atoms with Crippen LogP contribution in [0.1, 0.15) is 13.3 Å². The van der Waals surface area contributed by atoms with Gasteiger partial charge in [0.2, 0.25) is 5.88 Å². The maximum Gasteiger partial charge on any atom is 0.353 e. The van der Waals surface area contributed by atoms with Gasteiger partial charge in [-0.1, -0.05) is 11.7 Å². The molecule has 0 atom stereocenters. The second-order valence-corrected chi connectivity index (χ2v) is 3.39. The molecular formula is C10H14N2O3. The molecule has 5 nitrogen and oxygen atoms in total. The van der Waals surface area contributed by atoms with Crippen molar-refractivity contribution in [1.82, 2.24) is 4.90 Å². The molecule has 0 saturated carbocycles. The second-order valence-electron chi connectivity index (χ2n) is 3.39. The highest BCUT2D eigenvalue weighted by Crippen LogP contribution is 2.17. The Kier molecular flexibility index (Phi) is 3.49. The fourth-order valence-electron chi connectivity index (χ4n) is 1.03. The first-order valence-corrected chi connectivity index (χ1v) is 4.56. The maximum absolute atomic E-state index is 10.5. The molecule has 0 aromatic rings. The molecule has 0 aromatic carbocycles. The van der Waals surface area contributed by atoms with Crippen LogP contribution in [-0.4, -0.2) is 35.3 Å². The smallest absolute Gasteiger partial charge is 0.353 e. The number of carboxylic acids is 1. The van der Waals surface area contributed by atoms with Gasteiger partial charge in [0.05, 0.1) is 0 Å². The molecule has 0 aliphatic carbocycles. The van der Waals surface area contributed by atoms with Gasteiger partial charge in [-0.05, 0) is 18.9 Å². The summed E-state index contributed by atoms with van der Waals surface area (Å²) in [6.45, 7) is 5.99. The van der Waals surface area contributed by atoms with Gasteiger partial charge in [-0.25, -0.2) is 4.79 Å². The lowest BCUT2D eigenvalue weighted by Gasteiger charge is -2.24. The molecule has 0 unspecified atom stereocenters. The van der Waals surface area contributed by atoms with E-state index in [1.54, 1.807) is 6.08 Å². The molecule has 0 saturated heterocycles. The van der Waals surface area contributed by atoms with E-state index in [1.165, 1.54) is 6.92 Å². The molecule has 0 aromatic heterocycles. The van der Waals surface area contributed by atoms with E-state index in [-0.39, 0.29) is 5.71 Å². The van der Waals surface area contributed by atoms with Gasteiger partial charge in [-0.15, -0.1) is 0 Å². The van der Waals surface area contributed by atoms with Crippen LogP contribution >= 0.6 is 0 Å². The van der Waals surface area contributed by atoms with Crippen LogP contribution in [0.3, 0.4) is 0 Å². The largest absolute Gasteiger partial charge is 0.477 e. The number of rotatable bonds is 3. The molecule has 0 bridgehead atoms. The van der Waals surface area contributed by atoms with Crippen molar-refractivity contribution >= 4 is 11.7 Å². The van der Waals surface area contributed by atoms with E-state index in [4.69, 9.17) is 9.94 Å². The summed E-state index contributed by atoms with van der Waals surface area (Å²) in [6.07, 6.45) is 2.63. The highest BCUT2D eigenvalue weighted by molar-refractivity contribution is 6.34. The summed E-state index contributed by atoms with van der Waals surface area (Å²) in [6, 6.07) is 0. The molecule has 1 rings (SSSR count). The average molecular weight is 210 g/mol. The van der Waals surface area contributed by atoms with Crippen LogP contribution in [0.5, 0.6) is 0 Å². The molecule has 0 fully saturated rings. The minimum Gasteiger partial charge on any atom is -0.477 e. The molecule has 5 heteroatoms. The number of oxime groups is 1. The SMILES string of the molecule is C=C1C=C(O/N=C(\C)C(=O)O)N(C)CC1. The maximum atomic E-state index is 10.5. The van der Waals surface area contributed by atoms with E-state index in [9.17, 15) is 4.79 Å². The lowest BCUT2D eigenvalue weighted by molar-refractivity contribution is -0.129. The number of carboxylic acid groups (broad SMARTS) is 1. The van der Waals surface area contributed by atoms with Gasteiger partial charge in [-0.3, -0.25) is 0 Å². The fraction of sp³-hybridized carbons (Fsp3) is 0.400. The topological polar surface area (TPSA) is 62.1 Å². The molecule has 0 radical (unpaired) electrons. The van der Waals surface area contributed by atoms with Crippen molar-refractivity contribution in [1.29, 1.82) is 0 Å². The van der Waals surface area contributed by atoms with Gasteiger partial charge in [0.1, 0.15) is 0 Å². The monoisotopic (exact) mass is 210 g/mol. The minimum absolute atomic E-state index is 0.0829. The predicted octanol–water partition coefficient (Wildman–Crippen LogP) is 1.20. The Hall–Kier alpha value is -1.78. The molecule has 15 heavy (non-hydrogen) atoms. The summed E-state index contributed by atoms with van der Waals surface area (Å²) in [5, 5.41) is 12.1. The van der Waals surface area contributed by atoms with E-state index >= 15 is 0 Å². The van der Waals surface area contributed by atoms with Crippen molar-refractivity contribution in [2.75, 3.05) is 13.6 Å². The van der Waals surface area contributed by atoms with Crippen molar-refractivity contribution in [2.45, 2.75) is 13.3 Å². The average Bonchev–Trinajstić information content (AvgIpc) is 2.18. The Labute approximate surface area is 88.3 Å². The summed E-state index contributed by atoms with van der Waals surface area (Å²) in [5.74, 6) is -0.570. The molecule has 82 valence electrons. The molecule has 1 heterocycles. The third-order valence-electron chi connectivity index (χ3n) is 2.06. The summed E-state index contributed by atoms with van der Waals surface area (Å²) < 4.78 is 0. The Morgan fingerprint density at radius 1 is 1.73 bits per heavy atom. The van der Waals surface area contributed by atoms with Crippen molar-refractivity contribution in [3.63, 3.8) is 0 Å². The quantitative estimate of drug-likeness (QED) is 0.561. The van der Waals surface area contributed by atoms with Crippen molar-refractivity contribution in [3.05, 3.63) is 24.1 Å². The summed E-state index contributed by atoms with van der Waals surface area (Å²) in [7, 11) is 1.85.